The van der Waals surface area contributed by atoms with E-state index in [4.69, 9.17) is 11.5 Å². The molecule has 0 bridgehead atoms. The van der Waals surface area contributed by atoms with E-state index < -0.39 is 90.0 Å². The maximum Gasteiger partial charge on any atom is 0.326 e. The highest BCUT2D eigenvalue weighted by molar-refractivity contribution is 5.96. The van der Waals surface area contributed by atoms with Gasteiger partial charge in [0.05, 0.1) is 6.54 Å². The lowest BCUT2D eigenvalue weighted by Crippen LogP contribution is -2.58. The summed E-state index contributed by atoms with van der Waals surface area (Å²) in [5.74, 6) is -6.38. The van der Waals surface area contributed by atoms with Gasteiger partial charge in [-0.05, 0) is 77.8 Å². The van der Waals surface area contributed by atoms with Crippen molar-refractivity contribution in [3.8, 4) is 0 Å². The van der Waals surface area contributed by atoms with Crippen molar-refractivity contribution in [2.75, 3.05) is 13.1 Å². The van der Waals surface area contributed by atoms with Crippen LogP contribution in [0.5, 0.6) is 0 Å². The van der Waals surface area contributed by atoms with Crippen LogP contribution in [0.25, 0.3) is 10.9 Å². The van der Waals surface area contributed by atoms with Gasteiger partial charge in [0.15, 0.2) is 5.96 Å². The third-order valence-electron chi connectivity index (χ3n) is 12.3. The number of aliphatic imine (C=N–C) groups is 1. The largest absolute Gasteiger partial charge is 0.480 e. The third-order valence-corrected chi connectivity index (χ3v) is 12.3. The van der Waals surface area contributed by atoms with Gasteiger partial charge in [-0.2, -0.15) is 0 Å². The second-order valence-electron chi connectivity index (χ2n) is 17.9. The molecule has 1 aromatic heterocycles. The van der Waals surface area contributed by atoms with Crippen LogP contribution in [0.15, 0.2) is 84.0 Å². The highest BCUT2D eigenvalue weighted by atomic mass is 16.4. The van der Waals surface area contributed by atoms with Crippen molar-refractivity contribution < 1.29 is 38.7 Å². The fourth-order valence-electron chi connectivity index (χ4n) is 8.65. The number of para-hydroxylation sites is 1. The molecule has 12 N–H and O–H groups in total. The number of guanidine groups is 1. The molecule has 0 aliphatic heterocycles. The standard InChI is InChI=1S/C50H66N10O8/c1-6-29(4)43(47(65)59-40(49(67)68)25-33-26-54-37-19-12-11-16-34(33)37)60-41(62)27-55-45(63)38(20-13-23-53-50(51)52)57-46(64)39(24-28(2)3)58-48(66)44(56-30(5)61)42-35-17-9-7-14-31(35)21-22-32-15-8-10-18-36(32)42/h7-12,14-19,26,28-29,38-40,42-44,54H,6,13,20-25,27H2,1-5H3,(H,55,63)(H,56,61)(H,57,64)(H,58,66)(H,59,65)(H,60,62)(H,67,68)(H4,51,52,53)/t29-,38-,39-,40-,43-,44+/m0/s1. The third kappa shape index (κ3) is 14.1. The molecule has 5 rings (SSSR count). The Hall–Kier alpha value is -7.24. The fraction of sp³-hybridized carbons (Fsp3) is 0.440. The van der Waals surface area contributed by atoms with Gasteiger partial charge < -0.3 is 53.5 Å². The zero-order valence-electron chi connectivity index (χ0n) is 39.4. The number of aryl methyl sites for hydroxylation is 2. The summed E-state index contributed by atoms with van der Waals surface area (Å²) in [7, 11) is 0. The summed E-state index contributed by atoms with van der Waals surface area (Å²) in [6.07, 6.45) is 4.06. The van der Waals surface area contributed by atoms with Gasteiger partial charge in [-0.25, -0.2) is 4.79 Å². The first-order chi connectivity index (χ1) is 32.5. The molecule has 18 nitrogen and oxygen atoms in total. The summed E-state index contributed by atoms with van der Waals surface area (Å²) in [5.41, 5.74) is 16.4. The van der Waals surface area contributed by atoms with Crippen LogP contribution in [0.1, 0.15) is 94.0 Å². The number of aromatic nitrogens is 1. The number of aliphatic carboxylic acids is 1. The lowest BCUT2D eigenvalue weighted by Gasteiger charge is -2.31. The number of carbonyl (C=O) groups is 7. The molecule has 1 aliphatic rings. The quantitative estimate of drug-likeness (QED) is 0.0295. The highest BCUT2D eigenvalue weighted by Gasteiger charge is 2.38. The minimum atomic E-state index is -1.31. The summed E-state index contributed by atoms with van der Waals surface area (Å²) in [5, 5.41) is 27.2. The molecule has 0 saturated heterocycles. The number of fused-ring (bicyclic) bond motifs is 3. The van der Waals surface area contributed by atoms with E-state index in [1.807, 2.05) is 93.6 Å². The van der Waals surface area contributed by atoms with E-state index in [9.17, 15) is 38.7 Å². The topological polar surface area (TPSA) is 292 Å². The van der Waals surface area contributed by atoms with Gasteiger partial charge in [0.25, 0.3) is 0 Å². The number of nitrogens with one attached hydrogen (secondary N) is 7. The van der Waals surface area contributed by atoms with Crippen molar-refractivity contribution in [2.45, 2.75) is 116 Å². The molecule has 6 amide bonds. The van der Waals surface area contributed by atoms with Gasteiger partial charge in [-0.1, -0.05) is 101 Å². The number of aromatic amines is 1. The minimum absolute atomic E-state index is 0.0141. The Labute approximate surface area is 396 Å². The number of nitrogens with zero attached hydrogens (tertiary/aromatic N) is 1. The summed E-state index contributed by atoms with van der Waals surface area (Å²) < 4.78 is 0. The number of benzene rings is 3. The van der Waals surface area contributed by atoms with Gasteiger partial charge in [0.1, 0.15) is 30.2 Å². The van der Waals surface area contributed by atoms with E-state index in [1.165, 1.54) is 6.92 Å². The molecule has 4 aromatic rings. The van der Waals surface area contributed by atoms with Crippen LogP contribution < -0.4 is 43.4 Å². The van der Waals surface area contributed by atoms with Crippen molar-refractivity contribution in [3.63, 3.8) is 0 Å². The fourth-order valence-corrected chi connectivity index (χ4v) is 8.65. The smallest absolute Gasteiger partial charge is 0.326 e. The SMILES string of the molecule is CC[C@H](C)[C@H](NC(=O)CNC(=O)[C@H](CCCN=C(N)N)NC(=O)[C@H](CC(C)C)NC(=O)[C@H](NC(C)=O)C1c2ccccc2CCc2ccccc21)C(=O)N[C@@H](Cc1c[nH]c2ccccc12)C(=O)O. The molecule has 0 fully saturated rings. The number of hydrogen-bond donors (Lipinski definition) is 10. The second kappa shape index (κ2) is 24.5. The molecule has 0 radical (unpaired) electrons. The molecule has 68 heavy (non-hydrogen) atoms. The van der Waals surface area contributed by atoms with Gasteiger partial charge in [0.2, 0.25) is 35.4 Å². The van der Waals surface area contributed by atoms with Crippen molar-refractivity contribution in [1.29, 1.82) is 0 Å². The Balaban J connectivity index is 1.30. The number of carboxylic acid groups (broad SMARTS) is 1. The first-order valence-corrected chi connectivity index (χ1v) is 23.2. The molecular weight excluding hydrogens is 869 g/mol. The Bertz CT molecular complexity index is 2420. The molecule has 0 saturated carbocycles. The van der Waals surface area contributed by atoms with E-state index in [1.54, 1.807) is 13.1 Å². The van der Waals surface area contributed by atoms with Crippen LogP contribution in [-0.2, 0) is 52.8 Å². The van der Waals surface area contributed by atoms with Gasteiger partial charge in [-0.3, -0.25) is 33.8 Å². The number of hydrogen-bond acceptors (Lipinski definition) is 8. The highest BCUT2D eigenvalue weighted by Crippen LogP contribution is 2.37. The average molecular weight is 935 g/mol. The lowest BCUT2D eigenvalue weighted by atomic mass is 9.82. The molecular formula is C50H66N10O8. The lowest BCUT2D eigenvalue weighted by molar-refractivity contribution is -0.142. The van der Waals surface area contributed by atoms with Gasteiger partial charge in [0, 0.05) is 42.9 Å². The number of rotatable bonds is 23. The number of amides is 6. The molecule has 3 aromatic carbocycles. The van der Waals surface area contributed by atoms with E-state index in [0.29, 0.717) is 12.0 Å². The van der Waals surface area contributed by atoms with Gasteiger partial charge >= 0.3 is 5.97 Å². The van der Waals surface area contributed by atoms with Crippen molar-refractivity contribution in [1.82, 2.24) is 36.9 Å². The van der Waals surface area contributed by atoms with Crippen LogP contribution >= 0.6 is 0 Å². The molecule has 0 unspecified atom stereocenters. The Morgan fingerprint density at radius 1 is 0.750 bits per heavy atom. The minimum Gasteiger partial charge on any atom is -0.480 e. The molecule has 6 atom stereocenters. The average Bonchev–Trinajstić information content (AvgIpc) is 3.63. The van der Waals surface area contributed by atoms with E-state index in [0.717, 1.165) is 46.0 Å². The van der Waals surface area contributed by atoms with Crippen LogP contribution in [-0.4, -0.2) is 101 Å². The zero-order valence-corrected chi connectivity index (χ0v) is 39.4. The normalized spacial score (nSPS) is 14.9. The Morgan fingerprint density at radius 2 is 1.35 bits per heavy atom. The summed E-state index contributed by atoms with van der Waals surface area (Å²) in [4.78, 5) is 102. The van der Waals surface area contributed by atoms with E-state index >= 15 is 0 Å². The van der Waals surface area contributed by atoms with Crippen molar-refractivity contribution in [2.24, 2.45) is 28.3 Å². The number of H-pyrrole nitrogens is 1. The van der Waals surface area contributed by atoms with Crippen LogP contribution in [0, 0.1) is 11.8 Å². The molecule has 1 aliphatic carbocycles. The molecule has 1 heterocycles. The van der Waals surface area contributed by atoms with E-state index in [2.05, 4.69) is 41.9 Å². The van der Waals surface area contributed by atoms with Crippen molar-refractivity contribution >= 4 is 58.3 Å². The summed E-state index contributed by atoms with van der Waals surface area (Å²) in [6.45, 7) is 8.19. The molecule has 18 heteroatoms. The van der Waals surface area contributed by atoms with Crippen LogP contribution in [0.2, 0.25) is 0 Å². The predicted molar refractivity (Wildman–Crippen MR) is 259 cm³/mol. The summed E-state index contributed by atoms with van der Waals surface area (Å²) in [6, 6.07) is 17.1. The van der Waals surface area contributed by atoms with Crippen LogP contribution in [0.4, 0.5) is 0 Å². The first-order valence-electron chi connectivity index (χ1n) is 23.2. The van der Waals surface area contributed by atoms with Gasteiger partial charge in [-0.15, -0.1) is 0 Å². The number of nitrogens with two attached hydrogens (primary N) is 2. The Kier molecular flexibility index (Phi) is 18.6. The monoisotopic (exact) mass is 935 g/mol. The molecule has 364 valence electrons. The van der Waals surface area contributed by atoms with E-state index in [-0.39, 0.29) is 44.1 Å². The molecule has 0 spiro atoms. The second-order valence-corrected chi connectivity index (χ2v) is 17.9. The number of carbonyl (C=O) groups excluding carboxylic acids is 6. The maximum absolute atomic E-state index is 14.6. The van der Waals surface area contributed by atoms with Crippen molar-refractivity contribution in [3.05, 3.63) is 107 Å². The number of carboxylic acids is 1. The first kappa shape index (κ1) is 51.7. The zero-order chi connectivity index (χ0) is 49.5. The predicted octanol–water partition coefficient (Wildman–Crippen LogP) is 2.43. The summed E-state index contributed by atoms with van der Waals surface area (Å²) >= 11 is 0. The Morgan fingerprint density at radius 3 is 1.96 bits per heavy atom. The van der Waals surface area contributed by atoms with Crippen LogP contribution in [0.3, 0.4) is 0 Å². The maximum atomic E-state index is 14.6.